The van der Waals surface area contributed by atoms with Crippen LogP contribution in [0.3, 0.4) is 0 Å². The van der Waals surface area contributed by atoms with Crippen LogP contribution in [0.4, 0.5) is 5.69 Å². The lowest BCUT2D eigenvalue weighted by Crippen LogP contribution is -2.26. The average Bonchev–Trinajstić information content (AvgIpc) is 3.24. The zero-order valence-corrected chi connectivity index (χ0v) is 11.3. The first-order chi connectivity index (χ1) is 10.1. The normalized spacial score (nSPS) is 17.4. The maximum absolute atomic E-state index is 12.5. The van der Waals surface area contributed by atoms with E-state index < -0.39 is 5.84 Å². The molecule has 4 N–H and O–H groups in total. The predicted molar refractivity (Wildman–Crippen MR) is 77.9 cm³/mol. The summed E-state index contributed by atoms with van der Waals surface area (Å²) in [6.07, 6.45) is 2.12. The molecule has 0 radical (unpaired) electrons. The second-order valence-corrected chi connectivity index (χ2v) is 5.10. The van der Waals surface area contributed by atoms with Crippen LogP contribution in [0.25, 0.3) is 0 Å². The highest BCUT2D eigenvalue weighted by Crippen LogP contribution is 2.37. The van der Waals surface area contributed by atoms with Crippen molar-refractivity contribution in [3.63, 3.8) is 0 Å². The van der Waals surface area contributed by atoms with Crippen LogP contribution in [0.1, 0.15) is 28.8 Å². The van der Waals surface area contributed by atoms with Crippen LogP contribution in [0, 0.1) is 16.7 Å². The molecule has 1 aromatic rings. The van der Waals surface area contributed by atoms with Gasteiger partial charge in [-0.3, -0.25) is 15.6 Å². The molecule has 0 spiro atoms. The van der Waals surface area contributed by atoms with Gasteiger partial charge >= 0.3 is 0 Å². The number of nitrogens with one attached hydrogen (secondary N) is 2. The molecule has 0 saturated heterocycles. The smallest absolute Gasteiger partial charge is 0.256 e. The summed E-state index contributed by atoms with van der Waals surface area (Å²) in [5.41, 5.74) is 9.79. The Morgan fingerprint density at radius 1 is 1.52 bits per heavy atom. The van der Waals surface area contributed by atoms with Crippen molar-refractivity contribution in [3.05, 3.63) is 29.3 Å². The van der Waals surface area contributed by atoms with Crippen LogP contribution in [0.5, 0.6) is 0 Å². The number of hydrogen-bond donors (Lipinski definition) is 3. The van der Waals surface area contributed by atoms with Gasteiger partial charge in [-0.2, -0.15) is 10.4 Å². The highest BCUT2D eigenvalue weighted by atomic mass is 16.2. The van der Waals surface area contributed by atoms with Gasteiger partial charge in [-0.25, -0.2) is 0 Å². The molecular formula is C14H14N6O. The summed E-state index contributed by atoms with van der Waals surface area (Å²) >= 11 is 0. The van der Waals surface area contributed by atoms with Gasteiger partial charge < -0.3 is 10.6 Å². The number of nitrogens with two attached hydrogens (primary N) is 1. The molecule has 7 nitrogen and oxygen atoms in total. The molecule has 1 fully saturated rings. The molecule has 7 heteroatoms. The standard InChI is InChI=1S/C14H14N6O/c15-6-11(13(16)17)19-18-10-3-1-2-8-7-20(9-4-5-9)14(21)12(8)10/h1-3,9,18H,4-5,7H2,(H3,16,17)/b19-11+. The molecule has 0 bridgehead atoms. The summed E-state index contributed by atoms with van der Waals surface area (Å²) in [5, 5.41) is 19.8. The van der Waals surface area contributed by atoms with Gasteiger partial charge in [0.1, 0.15) is 6.07 Å². The second kappa shape index (κ2) is 4.90. The third-order valence-electron chi connectivity index (χ3n) is 3.60. The van der Waals surface area contributed by atoms with Crippen LogP contribution < -0.4 is 11.2 Å². The molecule has 1 aromatic carbocycles. The summed E-state index contributed by atoms with van der Waals surface area (Å²) in [4.78, 5) is 14.3. The molecule has 1 heterocycles. The van der Waals surface area contributed by atoms with Crippen LogP contribution in [0.2, 0.25) is 0 Å². The topological polar surface area (TPSA) is 118 Å². The Kier molecular flexibility index (Phi) is 3.06. The number of nitrogens with zero attached hydrogens (tertiary/aromatic N) is 3. The third-order valence-corrected chi connectivity index (χ3v) is 3.60. The molecule has 1 aliphatic carbocycles. The van der Waals surface area contributed by atoms with Crippen LogP contribution in [-0.4, -0.2) is 28.4 Å². The van der Waals surface area contributed by atoms with E-state index in [0.717, 1.165) is 18.4 Å². The van der Waals surface area contributed by atoms with Gasteiger partial charge in [-0.15, -0.1) is 0 Å². The zero-order valence-electron chi connectivity index (χ0n) is 11.3. The van der Waals surface area contributed by atoms with E-state index in [9.17, 15) is 4.79 Å². The molecule has 21 heavy (non-hydrogen) atoms. The van der Waals surface area contributed by atoms with Gasteiger partial charge in [0.05, 0.1) is 11.3 Å². The molecule has 2 aliphatic rings. The van der Waals surface area contributed by atoms with Crippen LogP contribution >= 0.6 is 0 Å². The van der Waals surface area contributed by atoms with Crippen molar-refractivity contribution in [3.8, 4) is 6.07 Å². The molecular weight excluding hydrogens is 268 g/mol. The van der Waals surface area contributed by atoms with Crippen molar-refractivity contribution in [2.75, 3.05) is 5.43 Å². The Bertz CT molecular complexity index is 698. The van der Waals surface area contributed by atoms with Gasteiger partial charge in [0.2, 0.25) is 5.71 Å². The Hall–Kier alpha value is -2.88. The Balaban J connectivity index is 1.89. The van der Waals surface area contributed by atoms with Crippen molar-refractivity contribution in [2.24, 2.45) is 10.8 Å². The third kappa shape index (κ3) is 2.31. The quantitative estimate of drug-likeness (QED) is 0.434. The van der Waals surface area contributed by atoms with E-state index in [0.29, 0.717) is 23.8 Å². The molecule has 106 valence electrons. The molecule has 0 unspecified atom stereocenters. The first kappa shape index (κ1) is 13.1. The molecule has 1 saturated carbocycles. The van der Waals surface area contributed by atoms with Crippen molar-refractivity contribution in [1.29, 1.82) is 10.7 Å². The number of rotatable bonds is 4. The van der Waals surface area contributed by atoms with Gasteiger partial charge in [0.15, 0.2) is 5.84 Å². The SMILES string of the molecule is N#C/C(=N\Nc1cccc2c1C(=O)N(C1CC1)C2)C(=N)N. The molecule has 1 aliphatic heterocycles. The number of anilines is 1. The summed E-state index contributed by atoms with van der Waals surface area (Å²) in [7, 11) is 0. The highest BCUT2D eigenvalue weighted by Gasteiger charge is 2.39. The number of fused-ring (bicyclic) bond motifs is 1. The summed E-state index contributed by atoms with van der Waals surface area (Å²) in [5.74, 6) is -0.421. The van der Waals surface area contributed by atoms with Gasteiger partial charge in [0.25, 0.3) is 5.91 Å². The van der Waals surface area contributed by atoms with E-state index in [1.165, 1.54) is 0 Å². The first-order valence-corrected chi connectivity index (χ1v) is 6.63. The number of amides is 1. The monoisotopic (exact) mass is 282 g/mol. The van der Waals surface area contributed by atoms with Crippen molar-refractivity contribution >= 4 is 23.1 Å². The van der Waals surface area contributed by atoms with E-state index >= 15 is 0 Å². The summed E-state index contributed by atoms with van der Waals surface area (Å²) in [6, 6.07) is 7.56. The maximum Gasteiger partial charge on any atom is 0.256 e. The van der Waals surface area contributed by atoms with Crippen LogP contribution in [0.15, 0.2) is 23.3 Å². The summed E-state index contributed by atoms with van der Waals surface area (Å²) < 4.78 is 0. The fourth-order valence-corrected chi connectivity index (χ4v) is 2.42. The fraction of sp³-hybridized carbons (Fsp3) is 0.286. The average molecular weight is 282 g/mol. The Morgan fingerprint density at radius 3 is 2.90 bits per heavy atom. The molecule has 0 aromatic heterocycles. The van der Waals surface area contributed by atoms with Crippen LogP contribution in [-0.2, 0) is 6.54 Å². The van der Waals surface area contributed by atoms with E-state index in [2.05, 4.69) is 10.5 Å². The van der Waals surface area contributed by atoms with Gasteiger partial charge in [-0.05, 0) is 24.5 Å². The van der Waals surface area contributed by atoms with E-state index in [1.807, 2.05) is 17.0 Å². The first-order valence-electron chi connectivity index (χ1n) is 6.63. The number of amidine groups is 1. The number of carbonyl (C=O) groups excluding carboxylic acids is 1. The number of hydrogen-bond acceptors (Lipinski definition) is 5. The lowest BCUT2D eigenvalue weighted by Gasteiger charge is -2.13. The lowest BCUT2D eigenvalue weighted by molar-refractivity contribution is 0.0767. The van der Waals surface area contributed by atoms with E-state index in [-0.39, 0.29) is 11.6 Å². The Labute approximate surface area is 121 Å². The summed E-state index contributed by atoms with van der Waals surface area (Å²) in [6.45, 7) is 0.621. The van der Waals surface area contributed by atoms with E-state index in [4.69, 9.17) is 16.4 Å². The highest BCUT2D eigenvalue weighted by molar-refractivity contribution is 6.45. The Morgan fingerprint density at radius 2 is 2.29 bits per heavy atom. The zero-order chi connectivity index (χ0) is 15.0. The largest absolute Gasteiger partial charge is 0.382 e. The minimum absolute atomic E-state index is 0.00728. The predicted octanol–water partition coefficient (Wildman–Crippen LogP) is 1.03. The maximum atomic E-state index is 12.5. The minimum atomic E-state index is -0.413. The van der Waals surface area contributed by atoms with E-state index in [1.54, 1.807) is 12.1 Å². The number of nitriles is 1. The number of benzene rings is 1. The van der Waals surface area contributed by atoms with Gasteiger partial charge in [0, 0.05) is 12.6 Å². The minimum Gasteiger partial charge on any atom is -0.382 e. The van der Waals surface area contributed by atoms with Gasteiger partial charge in [-0.1, -0.05) is 12.1 Å². The molecule has 1 amide bonds. The van der Waals surface area contributed by atoms with Crippen molar-refractivity contribution in [1.82, 2.24) is 4.90 Å². The molecule has 0 atom stereocenters. The number of hydrazone groups is 1. The fourth-order valence-electron chi connectivity index (χ4n) is 2.42. The van der Waals surface area contributed by atoms with Crippen molar-refractivity contribution in [2.45, 2.75) is 25.4 Å². The van der Waals surface area contributed by atoms with Crippen molar-refractivity contribution < 1.29 is 4.79 Å². The second-order valence-electron chi connectivity index (χ2n) is 5.10. The molecule has 3 rings (SSSR count). The number of carbonyl (C=O) groups is 1. The lowest BCUT2D eigenvalue weighted by atomic mass is 10.1.